The summed E-state index contributed by atoms with van der Waals surface area (Å²) in [4.78, 5) is 12.2. The maximum absolute atomic E-state index is 6.33. The molecule has 6 heteroatoms. The Balaban J connectivity index is 1.74. The Morgan fingerprint density at radius 1 is 1.27 bits per heavy atom. The lowest BCUT2D eigenvalue weighted by Gasteiger charge is -2.12. The van der Waals surface area contributed by atoms with Crippen LogP contribution in [0.15, 0.2) is 36.7 Å². The van der Waals surface area contributed by atoms with Gasteiger partial charge in [-0.05, 0) is 19.0 Å². The molecule has 1 aliphatic heterocycles. The molecule has 0 bridgehead atoms. The van der Waals surface area contributed by atoms with E-state index in [0.717, 1.165) is 41.7 Å². The Kier molecular flexibility index (Phi) is 3.44. The van der Waals surface area contributed by atoms with Gasteiger partial charge in [0.25, 0.3) is 0 Å². The molecule has 1 fully saturated rings. The number of para-hydroxylation sites is 1. The molecule has 1 unspecified atom stereocenters. The number of benzene rings is 1. The van der Waals surface area contributed by atoms with Crippen LogP contribution in [0.25, 0.3) is 22.2 Å². The van der Waals surface area contributed by atoms with Gasteiger partial charge in [-0.25, -0.2) is 9.97 Å². The predicted molar refractivity (Wildman–Crippen MR) is 89.2 cm³/mol. The highest BCUT2D eigenvalue weighted by Crippen LogP contribution is 2.32. The summed E-state index contributed by atoms with van der Waals surface area (Å²) < 4.78 is 0. The zero-order valence-corrected chi connectivity index (χ0v) is 12.7. The van der Waals surface area contributed by atoms with Gasteiger partial charge < -0.3 is 15.6 Å². The summed E-state index contributed by atoms with van der Waals surface area (Å²) in [5.41, 5.74) is 2.82. The molecule has 0 aliphatic carbocycles. The molecular weight excluding hydrogens is 298 g/mol. The minimum Gasteiger partial charge on any atom is -0.360 e. The molecule has 1 atom stereocenters. The quantitative estimate of drug-likeness (QED) is 0.695. The summed E-state index contributed by atoms with van der Waals surface area (Å²) in [6.07, 6.45) is 4.69. The van der Waals surface area contributed by atoms with E-state index < -0.39 is 0 Å². The summed E-state index contributed by atoms with van der Waals surface area (Å²) in [6, 6.07) is 8.49. The largest absolute Gasteiger partial charge is 0.360 e. The van der Waals surface area contributed by atoms with E-state index in [1.54, 1.807) is 6.20 Å². The number of aromatic nitrogens is 3. The molecule has 3 N–H and O–H groups in total. The summed E-state index contributed by atoms with van der Waals surface area (Å²) in [5, 5.41) is 8.35. The van der Waals surface area contributed by atoms with Crippen molar-refractivity contribution in [3.63, 3.8) is 0 Å². The molecule has 1 aromatic carbocycles. The summed E-state index contributed by atoms with van der Waals surface area (Å²) in [6.45, 7) is 1.97. The van der Waals surface area contributed by atoms with E-state index in [1.807, 2.05) is 24.4 Å². The van der Waals surface area contributed by atoms with Crippen molar-refractivity contribution in [3.05, 3.63) is 41.7 Å². The molecule has 0 saturated carbocycles. The third-order valence-electron chi connectivity index (χ3n) is 3.98. The van der Waals surface area contributed by atoms with E-state index in [9.17, 15) is 0 Å². The molecule has 0 radical (unpaired) electrons. The maximum Gasteiger partial charge on any atom is 0.223 e. The van der Waals surface area contributed by atoms with Crippen LogP contribution in [-0.2, 0) is 0 Å². The van der Waals surface area contributed by atoms with Crippen LogP contribution in [0.1, 0.15) is 6.42 Å². The molecule has 0 spiro atoms. The van der Waals surface area contributed by atoms with Crippen LogP contribution in [0, 0.1) is 0 Å². The summed E-state index contributed by atoms with van der Waals surface area (Å²) in [7, 11) is 0. The molecule has 5 nitrogen and oxygen atoms in total. The number of hydrogen-bond acceptors (Lipinski definition) is 4. The molecule has 2 aromatic heterocycles. The normalized spacial score (nSPS) is 18.0. The second-order valence-electron chi connectivity index (χ2n) is 5.47. The number of hydrogen-bond donors (Lipinski definition) is 3. The number of halogens is 1. The highest BCUT2D eigenvalue weighted by Gasteiger charge is 2.17. The summed E-state index contributed by atoms with van der Waals surface area (Å²) in [5.74, 6) is 0.624. The second-order valence-corrected chi connectivity index (χ2v) is 5.88. The van der Waals surface area contributed by atoms with Crippen LogP contribution in [0.5, 0.6) is 0 Å². The van der Waals surface area contributed by atoms with Crippen molar-refractivity contribution in [2.75, 3.05) is 18.4 Å². The van der Waals surface area contributed by atoms with Gasteiger partial charge in [-0.2, -0.15) is 0 Å². The lowest BCUT2D eigenvalue weighted by molar-refractivity contribution is 0.781. The van der Waals surface area contributed by atoms with Gasteiger partial charge in [0.05, 0.1) is 16.9 Å². The Hall–Kier alpha value is -2.11. The highest BCUT2D eigenvalue weighted by atomic mass is 35.5. The number of rotatable bonds is 3. The van der Waals surface area contributed by atoms with Crippen molar-refractivity contribution in [3.8, 4) is 11.3 Å². The van der Waals surface area contributed by atoms with Crippen molar-refractivity contribution in [1.82, 2.24) is 20.3 Å². The molecule has 3 heterocycles. The van der Waals surface area contributed by atoms with E-state index in [1.165, 1.54) is 0 Å². The number of nitrogens with one attached hydrogen (secondary N) is 3. The molecule has 1 saturated heterocycles. The SMILES string of the molecule is Clc1cnc(NC2CCNC2)nc1-c1c[nH]c2ccccc12. The van der Waals surface area contributed by atoms with Crippen LogP contribution in [-0.4, -0.2) is 34.1 Å². The van der Waals surface area contributed by atoms with E-state index in [-0.39, 0.29) is 0 Å². The molecule has 4 rings (SSSR count). The molecular formula is C16H16ClN5. The fraction of sp³-hybridized carbons (Fsp3) is 0.250. The number of fused-ring (bicyclic) bond motifs is 1. The summed E-state index contributed by atoms with van der Waals surface area (Å²) >= 11 is 6.33. The van der Waals surface area contributed by atoms with Crippen molar-refractivity contribution < 1.29 is 0 Å². The van der Waals surface area contributed by atoms with Gasteiger partial charge in [0, 0.05) is 35.2 Å². The first kappa shape index (κ1) is 13.5. The van der Waals surface area contributed by atoms with E-state index >= 15 is 0 Å². The smallest absolute Gasteiger partial charge is 0.223 e. The van der Waals surface area contributed by atoms with Gasteiger partial charge in [-0.3, -0.25) is 0 Å². The Labute approximate surface area is 133 Å². The first-order chi connectivity index (χ1) is 10.8. The standard InChI is InChI=1S/C16H16ClN5/c17-13-9-20-16(21-10-5-6-18-7-10)22-15(13)12-8-19-14-4-2-1-3-11(12)14/h1-4,8-10,18-19H,5-7H2,(H,20,21,22). The van der Waals surface area contributed by atoms with Gasteiger partial charge in [-0.15, -0.1) is 0 Å². The number of anilines is 1. The van der Waals surface area contributed by atoms with Crippen LogP contribution < -0.4 is 10.6 Å². The molecule has 3 aromatic rings. The van der Waals surface area contributed by atoms with Gasteiger partial charge in [0.15, 0.2) is 0 Å². The van der Waals surface area contributed by atoms with Crippen molar-refractivity contribution in [1.29, 1.82) is 0 Å². The minimum atomic E-state index is 0.372. The van der Waals surface area contributed by atoms with E-state index in [0.29, 0.717) is 17.0 Å². The van der Waals surface area contributed by atoms with Crippen LogP contribution in [0.2, 0.25) is 5.02 Å². The molecule has 112 valence electrons. The Morgan fingerprint density at radius 2 is 2.18 bits per heavy atom. The molecule has 22 heavy (non-hydrogen) atoms. The zero-order chi connectivity index (χ0) is 14.9. The van der Waals surface area contributed by atoms with Gasteiger partial charge in [0.1, 0.15) is 0 Å². The fourth-order valence-corrected chi connectivity index (χ4v) is 3.05. The minimum absolute atomic E-state index is 0.372. The third-order valence-corrected chi connectivity index (χ3v) is 4.26. The number of aromatic amines is 1. The molecule has 0 amide bonds. The van der Waals surface area contributed by atoms with Crippen molar-refractivity contribution >= 4 is 28.5 Å². The number of H-pyrrole nitrogens is 1. The van der Waals surface area contributed by atoms with Crippen LogP contribution in [0.4, 0.5) is 5.95 Å². The van der Waals surface area contributed by atoms with Crippen molar-refractivity contribution in [2.45, 2.75) is 12.5 Å². The van der Waals surface area contributed by atoms with Gasteiger partial charge >= 0.3 is 0 Å². The third kappa shape index (κ3) is 2.42. The first-order valence-corrected chi connectivity index (χ1v) is 7.75. The lowest BCUT2D eigenvalue weighted by Crippen LogP contribution is -2.23. The highest BCUT2D eigenvalue weighted by molar-refractivity contribution is 6.33. The van der Waals surface area contributed by atoms with Gasteiger partial charge in [-0.1, -0.05) is 29.8 Å². The van der Waals surface area contributed by atoms with Crippen LogP contribution in [0.3, 0.4) is 0 Å². The maximum atomic E-state index is 6.33. The molecule has 1 aliphatic rings. The van der Waals surface area contributed by atoms with Crippen LogP contribution >= 0.6 is 11.6 Å². The van der Waals surface area contributed by atoms with E-state index in [2.05, 4.69) is 31.7 Å². The van der Waals surface area contributed by atoms with Crippen molar-refractivity contribution in [2.24, 2.45) is 0 Å². The first-order valence-electron chi connectivity index (χ1n) is 7.37. The second kappa shape index (κ2) is 5.59. The zero-order valence-electron chi connectivity index (χ0n) is 11.9. The average Bonchev–Trinajstić information content (AvgIpc) is 3.19. The Morgan fingerprint density at radius 3 is 3.05 bits per heavy atom. The Bertz CT molecular complexity index is 807. The van der Waals surface area contributed by atoms with Gasteiger partial charge in [0.2, 0.25) is 5.95 Å². The average molecular weight is 314 g/mol. The monoisotopic (exact) mass is 313 g/mol. The lowest BCUT2D eigenvalue weighted by atomic mass is 10.1. The predicted octanol–water partition coefficient (Wildman–Crippen LogP) is 3.05. The number of nitrogens with zero attached hydrogens (tertiary/aromatic N) is 2. The van der Waals surface area contributed by atoms with E-state index in [4.69, 9.17) is 11.6 Å². The topological polar surface area (TPSA) is 65.6 Å². The fourth-order valence-electron chi connectivity index (χ4n) is 2.85.